The number of rotatable bonds is 87. The van der Waals surface area contributed by atoms with E-state index in [0.717, 1.165) is 116 Å². The normalized spacial score (nSPS) is 12.0. The van der Waals surface area contributed by atoms with Gasteiger partial charge in [0.15, 0.2) is 12.2 Å². The molecule has 0 aromatic rings. The second kappa shape index (κ2) is 85.4. The molecule has 0 aliphatic rings. The highest BCUT2D eigenvalue weighted by molar-refractivity contribution is 5.72. The lowest BCUT2D eigenvalue weighted by Gasteiger charge is -2.18. The predicted molar refractivity (Wildman–Crippen MR) is 437 cm³/mol. The number of esters is 6. The molecule has 12 nitrogen and oxygen atoms in total. The second-order valence-corrected chi connectivity index (χ2v) is 31.8. The van der Waals surface area contributed by atoms with Gasteiger partial charge >= 0.3 is 35.8 Å². The van der Waals surface area contributed by atoms with Gasteiger partial charge in [0.2, 0.25) is 0 Å². The Morgan fingerprint density at radius 1 is 0.154 bits per heavy atom. The highest BCUT2D eigenvalue weighted by Crippen LogP contribution is 2.21. The maximum Gasteiger partial charge on any atom is 0.306 e. The Bertz CT molecular complexity index is 1690. The third kappa shape index (κ3) is 81.3. The zero-order chi connectivity index (χ0) is 75.4. The molecule has 0 bridgehead atoms. The molecule has 0 aromatic heterocycles. The number of unbranched alkanes of at least 4 members (excludes halogenated alkanes) is 65. The molecule has 0 aromatic carbocycles. The van der Waals surface area contributed by atoms with Crippen molar-refractivity contribution in [2.75, 3.05) is 26.4 Å². The standard InChI is InChI=1S/C92H174O12/c1-5-9-13-17-21-25-29-39-45-51-57-63-69-75-87(93)99-81-85(103-91(97)79-73-67-61-55-49-41-31-27-23-19-15-11-7-3)83-101-89(95)77-71-65-59-53-47-43-37-35-33-34-36-38-44-48-54-60-66-72-78-90(96)102-84-86(104-92(98)80-74-68-62-56-50-42-32-28-24-20-16-12-8-4)82-100-88(94)76-70-64-58-52-46-40-30-26-22-18-14-10-6-2/h85-86H,5-84H2,1-4H3. The van der Waals surface area contributed by atoms with Crippen molar-refractivity contribution >= 4 is 35.8 Å². The summed E-state index contributed by atoms with van der Waals surface area (Å²) in [6, 6.07) is 0. The van der Waals surface area contributed by atoms with Gasteiger partial charge in [0.25, 0.3) is 0 Å². The molecule has 12 heteroatoms. The van der Waals surface area contributed by atoms with Crippen LogP contribution in [0, 0.1) is 0 Å². The van der Waals surface area contributed by atoms with Crippen LogP contribution in [0.25, 0.3) is 0 Å². The molecule has 0 fully saturated rings. The first kappa shape index (κ1) is 101. The summed E-state index contributed by atoms with van der Waals surface area (Å²) in [7, 11) is 0. The van der Waals surface area contributed by atoms with Gasteiger partial charge in [0, 0.05) is 38.5 Å². The van der Waals surface area contributed by atoms with E-state index in [-0.39, 0.29) is 62.2 Å². The molecule has 104 heavy (non-hydrogen) atoms. The highest BCUT2D eigenvalue weighted by Gasteiger charge is 2.22. The lowest BCUT2D eigenvalue weighted by atomic mass is 10.0. The minimum absolute atomic E-state index is 0.0865. The summed E-state index contributed by atoms with van der Waals surface area (Å²) < 4.78 is 34.0. The van der Waals surface area contributed by atoms with Crippen molar-refractivity contribution in [3.63, 3.8) is 0 Å². The number of carbonyl (C=O) groups excluding carboxylic acids is 6. The Labute approximate surface area is 644 Å². The van der Waals surface area contributed by atoms with Crippen molar-refractivity contribution in [2.24, 2.45) is 0 Å². The van der Waals surface area contributed by atoms with Gasteiger partial charge in [-0.2, -0.15) is 0 Å². The van der Waals surface area contributed by atoms with E-state index >= 15 is 0 Å². The van der Waals surface area contributed by atoms with Crippen LogP contribution in [0.2, 0.25) is 0 Å². The summed E-state index contributed by atoms with van der Waals surface area (Å²) in [6.07, 6.45) is 85.8. The van der Waals surface area contributed by atoms with Crippen LogP contribution < -0.4 is 0 Å². The molecule has 0 spiro atoms. The van der Waals surface area contributed by atoms with Gasteiger partial charge in [-0.25, -0.2) is 0 Å². The quantitative estimate of drug-likeness (QED) is 0.0323. The summed E-state index contributed by atoms with van der Waals surface area (Å²) in [4.78, 5) is 77.0. The number of carbonyl (C=O) groups is 6. The Morgan fingerprint density at radius 2 is 0.260 bits per heavy atom. The summed E-state index contributed by atoms with van der Waals surface area (Å²) in [5.74, 6) is -1.79. The molecule has 0 amide bonds. The van der Waals surface area contributed by atoms with Crippen molar-refractivity contribution in [2.45, 2.75) is 528 Å². The molecule has 0 saturated heterocycles. The molecule has 2 atom stereocenters. The van der Waals surface area contributed by atoms with Crippen molar-refractivity contribution < 1.29 is 57.2 Å². The fourth-order valence-corrected chi connectivity index (χ4v) is 14.3. The SMILES string of the molecule is CCCCCCCCCCCCCCCC(=O)OCC(COC(=O)CCCCCCCCCCCCCCCCCCCCC(=O)OCC(COC(=O)CCCCCCCCCCCCCCC)OC(=O)CCCCCCCCCCCCCCC)OC(=O)CCCCCCCCCCCCCCC. The van der Waals surface area contributed by atoms with Crippen molar-refractivity contribution in [1.82, 2.24) is 0 Å². The van der Waals surface area contributed by atoms with Crippen LogP contribution in [0.15, 0.2) is 0 Å². The lowest BCUT2D eigenvalue weighted by Crippen LogP contribution is -2.30. The monoisotopic (exact) mass is 1470 g/mol. The van der Waals surface area contributed by atoms with Crippen LogP contribution >= 0.6 is 0 Å². The van der Waals surface area contributed by atoms with Crippen molar-refractivity contribution in [1.29, 1.82) is 0 Å². The summed E-state index contributed by atoms with van der Waals surface area (Å²) in [5.41, 5.74) is 0. The maximum atomic E-state index is 12.9. The largest absolute Gasteiger partial charge is 0.462 e. The first-order valence-electron chi connectivity index (χ1n) is 46.2. The van der Waals surface area contributed by atoms with Gasteiger partial charge in [0.05, 0.1) is 0 Å². The van der Waals surface area contributed by atoms with Gasteiger partial charge in [-0.1, -0.05) is 439 Å². The summed E-state index contributed by atoms with van der Waals surface area (Å²) >= 11 is 0. The zero-order valence-electron chi connectivity index (χ0n) is 69.6. The van der Waals surface area contributed by atoms with Crippen LogP contribution in [0.3, 0.4) is 0 Å². The molecule has 614 valence electrons. The Morgan fingerprint density at radius 3 is 0.385 bits per heavy atom. The predicted octanol–water partition coefficient (Wildman–Crippen LogP) is 28.7. The molecule has 0 radical (unpaired) electrons. The molecular weight excluding hydrogens is 1300 g/mol. The fourth-order valence-electron chi connectivity index (χ4n) is 14.3. The van der Waals surface area contributed by atoms with Crippen LogP contribution in [0.5, 0.6) is 0 Å². The van der Waals surface area contributed by atoms with Gasteiger partial charge < -0.3 is 28.4 Å². The van der Waals surface area contributed by atoms with Gasteiger partial charge in [-0.3, -0.25) is 28.8 Å². The molecule has 0 rings (SSSR count). The minimum Gasteiger partial charge on any atom is -0.462 e. The second-order valence-electron chi connectivity index (χ2n) is 31.8. The molecule has 0 N–H and O–H groups in total. The number of hydrogen-bond donors (Lipinski definition) is 0. The molecule has 0 saturated carbocycles. The van der Waals surface area contributed by atoms with E-state index in [1.165, 1.54) is 334 Å². The average molecular weight is 1470 g/mol. The molecule has 0 aliphatic heterocycles. The van der Waals surface area contributed by atoms with Crippen LogP contribution in [-0.4, -0.2) is 74.5 Å². The fraction of sp³-hybridized carbons (Fsp3) is 0.935. The van der Waals surface area contributed by atoms with E-state index < -0.39 is 12.2 Å². The number of ether oxygens (including phenoxy) is 6. The molecule has 0 aliphatic carbocycles. The highest BCUT2D eigenvalue weighted by atomic mass is 16.6. The van der Waals surface area contributed by atoms with E-state index in [1.54, 1.807) is 0 Å². The number of hydrogen-bond acceptors (Lipinski definition) is 12. The van der Waals surface area contributed by atoms with E-state index in [2.05, 4.69) is 27.7 Å². The van der Waals surface area contributed by atoms with Crippen LogP contribution in [-0.2, 0) is 57.2 Å². The minimum atomic E-state index is -0.793. The average Bonchev–Trinajstić information content (AvgIpc) is 1.24. The molecular formula is C92H174O12. The molecule has 0 heterocycles. The van der Waals surface area contributed by atoms with Gasteiger partial charge in [-0.05, 0) is 38.5 Å². The van der Waals surface area contributed by atoms with E-state index in [4.69, 9.17) is 28.4 Å². The van der Waals surface area contributed by atoms with Crippen molar-refractivity contribution in [3.05, 3.63) is 0 Å². The van der Waals surface area contributed by atoms with Crippen LogP contribution in [0.4, 0.5) is 0 Å². The zero-order valence-corrected chi connectivity index (χ0v) is 69.6. The van der Waals surface area contributed by atoms with Crippen molar-refractivity contribution in [3.8, 4) is 0 Å². The molecule has 2 unspecified atom stereocenters. The maximum absolute atomic E-state index is 12.9. The van der Waals surface area contributed by atoms with E-state index in [0.29, 0.717) is 38.5 Å². The Kier molecular flexibility index (Phi) is 82.8. The Hall–Kier alpha value is -3.18. The lowest BCUT2D eigenvalue weighted by molar-refractivity contribution is -0.167. The smallest absolute Gasteiger partial charge is 0.306 e. The topological polar surface area (TPSA) is 158 Å². The van der Waals surface area contributed by atoms with Gasteiger partial charge in [-0.15, -0.1) is 0 Å². The van der Waals surface area contributed by atoms with Gasteiger partial charge in [0.1, 0.15) is 26.4 Å². The van der Waals surface area contributed by atoms with E-state index in [9.17, 15) is 28.8 Å². The summed E-state index contributed by atoms with van der Waals surface area (Å²) in [6.45, 7) is 8.71. The summed E-state index contributed by atoms with van der Waals surface area (Å²) in [5, 5.41) is 0. The first-order valence-corrected chi connectivity index (χ1v) is 46.2. The first-order chi connectivity index (χ1) is 51.1. The third-order valence-corrected chi connectivity index (χ3v) is 21.3. The van der Waals surface area contributed by atoms with Crippen LogP contribution in [0.1, 0.15) is 516 Å². The Balaban J connectivity index is 4.40. The van der Waals surface area contributed by atoms with E-state index in [1.807, 2.05) is 0 Å². The third-order valence-electron chi connectivity index (χ3n) is 21.3.